The molecule has 4 heteroatoms. The van der Waals surface area contributed by atoms with Gasteiger partial charge in [-0.2, -0.15) is 0 Å². The summed E-state index contributed by atoms with van der Waals surface area (Å²) in [6.45, 7) is 2.12. The summed E-state index contributed by atoms with van der Waals surface area (Å²) in [4.78, 5) is 0. The molecule has 1 N–H and O–H groups in total. The van der Waals surface area contributed by atoms with E-state index < -0.39 is 0 Å². The first kappa shape index (κ1) is 14.0. The quantitative estimate of drug-likeness (QED) is 0.749. The highest BCUT2D eigenvalue weighted by molar-refractivity contribution is 9.10. The molecule has 0 aliphatic heterocycles. The first-order chi connectivity index (χ1) is 8.79. The molecule has 0 amide bonds. The summed E-state index contributed by atoms with van der Waals surface area (Å²) >= 11 is 3.50. The van der Waals surface area contributed by atoms with E-state index in [2.05, 4.69) is 33.4 Å². The molecule has 0 radical (unpaired) electrons. The maximum atomic E-state index is 5.89. The average Bonchev–Trinajstić information content (AvgIpc) is 3.17. The number of halogens is 1. The van der Waals surface area contributed by atoms with Crippen LogP contribution in [0.1, 0.15) is 24.5 Å². The van der Waals surface area contributed by atoms with Crippen molar-refractivity contribution in [3.8, 4) is 0 Å². The van der Waals surface area contributed by atoms with Gasteiger partial charge in [0.2, 0.25) is 0 Å². The van der Waals surface area contributed by atoms with Gasteiger partial charge in [0.25, 0.3) is 0 Å². The van der Waals surface area contributed by atoms with Crippen LogP contribution in [0.25, 0.3) is 0 Å². The van der Waals surface area contributed by atoms with E-state index in [-0.39, 0.29) is 6.10 Å². The van der Waals surface area contributed by atoms with Crippen molar-refractivity contribution in [2.45, 2.75) is 25.0 Å². The number of benzene rings is 1. The molecule has 3 nitrogen and oxygen atoms in total. The maximum Gasteiger partial charge on any atom is 0.0950 e. The predicted molar refractivity (Wildman–Crippen MR) is 75.7 cm³/mol. The van der Waals surface area contributed by atoms with Crippen LogP contribution in [0, 0.1) is 0 Å². The molecule has 100 valence electrons. The Balaban J connectivity index is 1.92. The van der Waals surface area contributed by atoms with Gasteiger partial charge >= 0.3 is 0 Å². The minimum Gasteiger partial charge on any atom is -0.382 e. The van der Waals surface area contributed by atoms with Gasteiger partial charge in [-0.25, -0.2) is 0 Å². The predicted octanol–water partition coefficient (Wildman–Crippen LogP) is 2.91. The third kappa shape index (κ3) is 4.69. The molecule has 0 saturated heterocycles. The second-order valence-corrected chi connectivity index (χ2v) is 5.51. The smallest absolute Gasteiger partial charge is 0.0950 e. The molecular formula is C14H20BrNO2. The van der Waals surface area contributed by atoms with E-state index in [9.17, 15) is 0 Å². The zero-order valence-electron chi connectivity index (χ0n) is 10.7. The molecule has 18 heavy (non-hydrogen) atoms. The topological polar surface area (TPSA) is 30.5 Å². The first-order valence-electron chi connectivity index (χ1n) is 6.39. The fraction of sp³-hybridized carbons (Fsp3) is 0.571. The van der Waals surface area contributed by atoms with E-state index in [1.807, 2.05) is 12.1 Å². The van der Waals surface area contributed by atoms with Gasteiger partial charge in [0.15, 0.2) is 0 Å². The van der Waals surface area contributed by atoms with Crippen LogP contribution in [-0.2, 0) is 9.47 Å². The van der Waals surface area contributed by atoms with Crippen LogP contribution in [0.4, 0.5) is 0 Å². The van der Waals surface area contributed by atoms with Gasteiger partial charge in [-0.15, -0.1) is 0 Å². The Kier molecular flexibility index (Phi) is 5.63. The van der Waals surface area contributed by atoms with Gasteiger partial charge in [-0.1, -0.05) is 28.1 Å². The summed E-state index contributed by atoms with van der Waals surface area (Å²) in [6, 6.07) is 9.00. The lowest BCUT2D eigenvalue weighted by Gasteiger charge is -2.19. The SMILES string of the molecule is COCCOC(CNC1CC1)c1cccc(Br)c1. The molecule has 0 spiro atoms. The highest BCUT2D eigenvalue weighted by atomic mass is 79.9. The van der Waals surface area contributed by atoms with Crippen molar-refractivity contribution in [3.05, 3.63) is 34.3 Å². The average molecular weight is 314 g/mol. The number of ether oxygens (including phenoxy) is 2. The third-order valence-electron chi connectivity index (χ3n) is 3.00. The van der Waals surface area contributed by atoms with Crippen LogP contribution in [0.3, 0.4) is 0 Å². The Morgan fingerprint density at radius 1 is 1.39 bits per heavy atom. The second-order valence-electron chi connectivity index (χ2n) is 4.59. The number of hydrogen-bond acceptors (Lipinski definition) is 3. The Morgan fingerprint density at radius 3 is 2.89 bits per heavy atom. The van der Waals surface area contributed by atoms with Gasteiger partial charge in [-0.05, 0) is 30.5 Å². The number of nitrogens with one attached hydrogen (secondary N) is 1. The lowest BCUT2D eigenvalue weighted by molar-refractivity contribution is 0.0164. The summed E-state index contributed by atoms with van der Waals surface area (Å²) in [7, 11) is 1.69. The summed E-state index contributed by atoms with van der Waals surface area (Å²) in [5.41, 5.74) is 1.20. The Labute approximate surface area is 117 Å². The standard InChI is InChI=1S/C14H20BrNO2/c1-17-7-8-18-14(10-16-13-5-6-13)11-3-2-4-12(15)9-11/h2-4,9,13-14,16H,5-8,10H2,1H3. The molecule has 1 fully saturated rings. The monoisotopic (exact) mass is 313 g/mol. The van der Waals surface area contributed by atoms with Crippen molar-refractivity contribution in [1.29, 1.82) is 0 Å². The first-order valence-corrected chi connectivity index (χ1v) is 7.18. The summed E-state index contributed by atoms with van der Waals surface area (Å²) < 4.78 is 12.0. The number of methoxy groups -OCH3 is 1. The van der Waals surface area contributed by atoms with Gasteiger partial charge in [0, 0.05) is 24.2 Å². The zero-order chi connectivity index (χ0) is 12.8. The fourth-order valence-corrected chi connectivity index (χ4v) is 2.23. The fourth-order valence-electron chi connectivity index (χ4n) is 1.81. The molecule has 0 aromatic heterocycles. The van der Waals surface area contributed by atoms with Crippen LogP contribution in [0.2, 0.25) is 0 Å². The normalized spacial score (nSPS) is 16.8. The molecule has 2 rings (SSSR count). The molecule has 0 heterocycles. The lowest BCUT2D eigenvalue weighted by Crippen LogP contribution is -2.26. The largest absolute Gasteiger partial charge is 0.382 e. The van der Waals surface area contributed by atoms with E-state index in [4.69, 9.17) is 9.47 Å². The van der Waals surface area contributed by atoms with Crippen molar-refractivity contribution < 1.29 is 9.47 Å². The summed E-state index contributed by atoms with van der Waals surface area (Å²) in [5.74, 6) is 0. The van der Waals surface area contributed by atoms with Crippen LogP contribution in [-0.4, -0.2) is 32.9 Å². The van der Waals surface area contributed by atoms with Crippen molar-refractivity contribution in [2.24, 2.45) is 0 Å². The van der Waals surface area contributed by atoms with Crippen molar-refractivity contribution in [1.82, 2.24) is 5.32 Å². The molecule has 1 unspecified atom stereocenters. The van der Waals surface area contributed by atoms with Gasteiger partial charge in [0.1, 0.15) is 0 Å². The number of hydrogen-bond donors (Lipinski definition) is 1. The number of rotatable bonds is 8. The van der Waals surface area contributed by atoms with E-state index in [0.29, 0.717) is 19.3 Å². The Morgan fingerprint density at radius 2 is 2.22 bits per heavy atom. The lowest BCUT2D eigenvalue weighted by atomic mass is 10.1. The van der Waals surface area contributed by atoms with Gasteiger partial charge in [0.05, 0.1) is 19.3 Å². The second kappa shape index (κ2) is 7.24. The molecule has 1 aromatic carbocycles. The Bertz CT molecular complexity index is 369. The summed E-state index contributed by atoms with van der Waals surface area (Å²) in [6.07, 6.45) is 2.69. The van der Waals surface area contributed by atoms with Gasteiger partial charge in [-0.3, -0.25) is 0 Å². The summed E-state index contributed by atoms with van der Waals surface area (Å²) in [5, 5.41) is 3.52. The van der Waals surface area contributed by atoms with E-state index in [0.717, 1.165) is 11.0 Å². The molecule has 1 aliphatic rings. The van der Waals surface area contributed by atoms with Crippen LogP contribution >= 0.6 is 15.9 Å². The molecule has 0 bridgehead atoms. The van der Waals surface area contributed by atoms with Crippen LogP contribution < -0.4 is 5.32 Å². The molecular weight excluding hydrogens is 294 g/mol. The molecule has 1 atom stereocenters. The van der Waals surface area contributed by atoms with E-state index >= 15 is 0 Å². The minimum atomic E-state index is 0.0956. The van der Waals surface area contributed by atoms with E-state index in [1.165, 1.54) is 18.4 Å². The highest BCUT2D eigenvalue weighted by Gasteiger charge is 2.22. The van der Waals surface area contributed by atoms with Gasteiger partial charge < -0.3 is 14.8 Å². The van der Waals surface area contributed by atoms with Crippen LogP contribution in [0.5, 0.6) is 0 Å². The third-order valence-corrected chi connectivity index (χ3v) is 3.49. The van der Waals surface area contributed by atoms with Crippen LogP contribution in [0.15, 0.2) is 28.7 Å². The van der Waals surface area contributed by atoms with Crippen molar-refractivity contribution >= 4 is 15.9 Å². The van der Waals surface area contributed by atoms with E-state index in [1.54, 1.807) is 7.11 Å². The molecule has 1 aliphatic carbocycles. The highest BCUT2D eigenvalue weighted by Crippen LogP contribution is 2.23. The van der Waals surface area contributed by atoms with Crippen molar-refractivity contribution in [3.63, 3.8) is 0 Å². The zero-order valence-corrected chi connectivity index (χ0v) is 12.3. The maximum absolute atomic E-state index is 5.89. The Hall–Kier alpha value is -0.420. The van der Waals surface area contributed by atoms with Crippen molar-refractivity contribution in [2.75, 3.05) is 26.9 Å². The molecule has 1 saturated carbocycles. The minimum absolute atomic E-state index is 0.0956. The molecule has 1 aromatic rings.